The summed E-state index contributed by atoms with van der Waals surface area (Å²) in [6, 6.07) is 6.36. The number of aromatic hydroxyl groups is 2. The number of rotatable bonds is 4. The average molecular weight is 248 g/mol. The van der Waals surface area contributed by atoms with Crippen molar-refractivity contribution in [2.24, 2.45) is 0 Å². The van der Waals surface area contributed by atoms with Gasteiger partial charge in [-0.3, -0.25) is 9.13 Å². The molecule has 18 heavy (non-hydrogen) atoms. The Bertz CT molecular complexity index is 599. The van der Waals surface area contributed by atoms with Crippen LogP contribution in [0.15, 0.2) is 35.3 Å². The zero-order valence-corrected chi connectivity index (χ0v) is 10.2. The van der Waals surface area contributed by atoms with Crippen LogP contribution in [0.4, 0.5) is 0 Å². The molecule has 0 saturated carbocycles. The minimum absolute atomic E-state index is 0.0585. The van der Waals surface area contributed by atoms with Crippen LogP contribution in [-0.2, 0) is 6.54 Å². The molecular weight excluding hydrogens is 232 g/mol. The number of hydrogen-bond donors (Lipinski definition) is 2. The lowest BCUT2D eigenvalue weighted by Gasteiger charge is -2.02. The Balaban J connectivity index is 2.44. The predicted octanol–water partition coefficient (Wildman–Crippen LogP) is 1.85. The molecule has 0 fully saturated rings. The summed E-state index contributed by atoms with van der Waals surface area (Å²) in [6.07, 6.45) is 3.15. The third kappa shape index (κ3) is 2.25. The molecule has 0 aliphatic heterocycles. The van der Waals surface area contributed by atoms with Crippen LogP contribution in [0.2, 0.25) is 0 Å². The van der Waals surface area contributed by atoms with Gasteiger partial charge in [0, 0.05) is 12.6 Å². The third-order valence-electron chi connectivity index (χ3n) is 2.80. The molecule has 0 unspecified atom stereocenters. The summed E-state index contributed by atoms with van der Waals surface area (Å²) < 4.78 is 2.65. The highest BCUT2D eigenvalue weighted by atomic mass is 16.3. The lowest BCUT2D eigenvalue weighted by Crippen LogP contribution is -2.23. The molecule has 2 N–H and O–H groups in total. The van der Waals surface area contributed by atoms with Crippen LogP contribution in [0.1, 0.15) is 19.8 Å². The highest BCUT2D eigenvalue weighted by Gasteiger charge is 2.11. The number of benzene rings is 1. The van der Waals surface area contributed by atoms with E-state index in [2.05, 4.69) is 0 Å². The molecule has 5 heteroatoms. The van der Waals surface area contributed by atoms with E-state index in [4.69, 9.17) is 0 Å². The SMILES string of the molecule is CCCCn1c(O)cn(-c2cccc(O)c2)c1=O. The van der Waals surface area contributed by atoms with E-state index >= 15 is 0 Å². The molecule has 0 spiro atoms. The van der Waals surface area contributed by atoms with Gasteiger partial charge in [0.2, 0.25) is 5.88 Å². The van der Waals surface area contributed by atoms with Gasteiger partial charge in [0.1, 0.15) is 5.75 Å². The molecule has 1 aromatic carbocycles. The van der Waals surface area contributed by atoms with E-state index in [9.17, 15) is 15.0 Å². The first-order chi connectivity index (χ1) is 8.63. The average Bonchev–Trinajstić information content (AvgIpc) is 2.63. The maximum atomic E-state index is 12.1. The van der Waals surface area contributed by atoms with Gasteiger partial charge in [0.25, 0.3) is 0 Å². The molecule has 0 aliphatic rings. The van der Waals surface area contributed by atoms with Crippen molar-refractivity contribution in [1.82, 2.24) is 9.13 Å². The Kier molecular flexibility index (Phi) is 3.41. The third-order valence-corrected chi connectivity index (χ3v) is 2.80. The molecule has 0 saturated heterocycles. The van der Waals surface area contributed by atoms with E-state index in [-0.39, 0.29) is 17.3 Å². The quantitative estimate of drug-likeness (QED) is 0.867. The Hall–Kier alpha value is -2.17. The van der Waals surface area contributed by atoms with E-state index in [1.807, 2.05) is 6.92 Å². The maximum Gasteiger partial charge on any atom is 0.335 e. The van der Waals surface area contributed by atoms with Crippen LogP contribution >= 0.6 is 0 Å². The summed E-state index contributed by atoms with van der Waals surface area (Å²) in [4.78, 5) is 12.1. The van der Waals surface area contributed by atoms with Crippen LogP contribution in [0.25, 0.3) is 5.69 Å². The molecule has 1 aromatic heterocycles. The van der Waals surface area contributed by atoms with Crippen LogP contribution < -0.4 is 5.69 Å². The maximum absolute atomic E-state index is 12.1. The molecule has 0 atom stereocenters. The summed E-state index contributed by atoms with van der Waals surface area (Å²) in [5.74, 6) is 0.0250. The van der Waals surface area contributed by atoms with Gasteiger partial charge < -0.3 is 10.2 Å². The van der Waals surface area contributed by atoms with E-state index < -0.39 is 0 Å². The van der Waals surface area contributed by atoms with Crippen molar-refractivity contribution in [3.8, 4) is 17.3 Å². The second-order valence-electron chi connectivity index (χ2n) is 4.16. The monoisotopic (exact) mass is 248 g/mol. The molecule has 0 aliphatic carbocycles. The van der Waals surface area contributed by atoms with Gasteiger partial charge in [0.05, 0.1) is 11.9 Å². The molecule has 2 rings (SSSR count). The van der Waals surface area contributed by atoms with Crippen molar-refractivity contribution in [1.29, 1.82) is 0 Å². The summed E-state index contributed by atoms with van der Waals surface area (Å²) in [5, 5.41) is 19.1. The number of unbranched alkanes of at least 4 members (excludes halogenated alkanes) is 1. The van der Waals surface area contributed by atoms with E-state index in [0.29, 0.717) is 12.2 Å². The summed E-state index contributed by atoms with van der Waals surface area (Å²) in [5.41, 5.74) is 0.233. The number of nitrogens with zero attached hydrogens (tertiary/aromatic N) is 2. The van der Waals surface area contributed by atoms with Gasteiger partial charge in [-0.2, -0.15) is 0 Å². The van der Waals surface area contributed by atoms with Crippen LogP contribution in [-0.4, -0.2) is 19.3 Å². The van der Waals surface area contributed by atoms with Crippen molar-refractivity contribution in [3.63, 3.8) is 0 Å². The van der Waals surface area contributed by atoms with Crippen molar-refractivity contribution in [2.45, 2.75) is 26.3 Å². The number of phenolic OH excluding ortho intramolecular Hbond substituents is 1. The molecule has 0 bridgehead atoms. The molecule has 0 amide bonds. The lowest BCUT2D eigenvalue weighted by atomic mass is 10.3. The Morgan fingerprint density at radius 2 is 2.06 bits per heavy atom. The summed E-state index contributed by atoms with van der Waals surface area (Å²) in [6.45, 7) is 2.52. The van der Waals surface area contributed by atoms with E-state index in [0.717, 1.165) is 12.8 Å². The first kappa shape index (κ1) is 12.3. The first-order valence-electron chi connectivity index (χ1n) is 5.94. The summed E-state index contributed by atoms with van der Waals surface area (Å²) in [7, 11) is 0. The molecule has 1 heterocycles. The Morgan fingerprint density at radius 3 is 2.72 bits per heavy atom. The number of hydrogen-bond acceptors (Lipinski definition) is 3. The number of imidazole rings is 1. The Morgan fingerprint density at radius 1 is 1.28 bits per heavy atom. The molecule has 0 radical (unpaired) electrons. The second kappa shape index (κ2) is 5.00. The van der Waals surface area contributed by atoms with Gasteiger partial charge in [-0.15, -0.1) is 0 Å². The number of phenols is 1. The fraction of sp³-hybridized carbons (Fsp3) is 0.308. The van der Waals surface area contributed by atoms with Gasteiger partial charge in [-0.05, 0) is 18.6 Å². The van der Waals surface area contributed by atoms with Crippen molar-refractivity contribution >= 4 is 0 Å². The minimum Gasteiger partial charge on any atom is -0.508 e. The standard InChI is InChI=1S/C13H16N2O3/c1-2-3-7-14-12(17)9-15(13(14)18)10-5-4-6-11(16)8-10/h4-6,8-9,16-17H,2-3,7H2,1H3. The van der Waals surface area contributed by atoms with Crippen molar-refractivity contribution < 1.29 is 10.2 Å². The highest BCUT2D eigenvalue weighted by Crippen LogP contribution is 2.16. The van der Waals surface area contributed by atoms with Crippen molar-refractivity contribution in [2.75, 3.05) is 0 Å². The molecule has 2 aromatic rings. The fourth-order valence-corrected chi connectivity index (χ4v) is 1.82. The van der Waals surface area contributed by atoms with E-state index in [1.54, 1.807) is 12.1 Å². The van der Waals surface area contributed by atoms with E-state index in [1.165, 1.54) is 27.5 Å². The van der Waals surface area contributed by atoms with Crippen molar-refractivity contribution in [3.05, 3.63) is 40.9 Å². The van der Waals surface area contributed by atoms with Gasteiger partial charge in [-0.25, -0.2) is 4.79 Å². The zero-order chi connectivity index (χ0) is 13.1. The molecular formula is C13H16N2O3. The fourth-order valence-electron chi connectivity index (χ4n) is 1.82. The second-order valence-corrected chi connectivity index (χ2v) is 4.16. The Labute approximate surface area is 105 Å². The molecule has 5 nitrogen and oxygen atoms in total. The number of aromatic nitrogens is 2. The normalized spacial score (nSPS) is 10.7. The van der Waals surface area contributed by atoms with Gasteiger partial charge in [-0.1, -0.05) is 19.4 Å². The summed E-state index contributed by atoms with van der Waals surface area (Å²) >= 11 is 0. The highest BCUT2D eigenvalue weighted by molar-refractivity contribution is 5.39. The largest absolute Gasteiger partial charge is 0.508 e. The van der Waals surface area contributed by atoms with Crippen LogP contribution in [0, 0.1) is 0 Å². The smallest absolute Gasteiger partial charge is 0.335 e. The minimum atomic E-state index is -0.299. The van der Waals surface area contributed by atoms with Crippen LogP contribution in [0.3, 0.4) is 0 Å². The van der Waals surface area contributed by atoms with Crippen LogP contribution in [0.5, 0.6) is 11.6 Å². The predicted molar refractivity (Wildman–Crippen MR) is 68.3 cm³/mol. The zero-order valence-electron chi connectivity index (χ0n) is 10.2. The topological polar surface area (TPSA) is 67.4 Å². The van der Waals surface area contributed by atoms with Gasteiger partial charge in [0.15, 0.2) is 0 Å². The first-order valence-corrected chi connectivity index (χ1v) is 5.94. The molecule has 96 valence electrons. The lowest BCUT2D eigenvalue weighted by molar-refractivity contribution is 0.408. The van der Waals surface area contributed by atoms with Gasteiger partial charge >= 0.3 is 5.69 Å².